The van der Waals surface area contributed by atoms with Crippen LogP contribution >= 0.6 is 11.8 Å². The number of aromatic hydroxyl groups is 1. The highest BCUT2D eigenvalue weighted by Crippen LogP contribution is 2.24. The van der Waals surface area contributed by atoms with E-state index in [0.29, 0.717) is 0 Å². The zero-order valence-corrected chi connectivity index (χ0v) is 14.6. The van der Waals surface area contributed by atoms with Crippen molar-refractivity contribution in [2.75, 3.05) is 13.4 Å². The minimum atomic E-state index is -0.833. The lowest BCUT2D eigenvalue weighted by molar-refractivity contribution is -0.145. The third-order valence-electron chi connectivity index (χ3n) is 3.74. The van der Waals surface area contributed by atoms with Crippen molar-refractivity contribution < 1.29 is 19.4 Å². The van der Waals surface area contributed by atoms with Crippen LogP contribution in [0.2, 0.25) is 0 Å². The summed E-state index contributed by atoms with van der Waals surface area (Å²) in [5.41, 5.74) is 6.78. The molecule has 1 rings (SSSR count). The van der Waals surface area contributed by atoms with Gasteiger partial charge in [0.05, 0.1) is 13.2 Å². The van der Waals surface area contributed by atoms with Gasteiger partial charge in [0.15, 0.2) is 0 Å². The number of methoxy groups -OCH3 is 1. The molecule has 0 aliphatic heterocycles. The lowest BCUT2D eigenvalue weighted by Gasteiger charge is -2.29. The maximum atomic E-state index is 12.3. The number of phenolic OH excluding ortho intramolecular Hbond substituents is 1. The number of carbonyl (C=O) groups is 2. The average Bonchev–Trinajstić information content (AvgIpc) is 2.54. The molecule has 0 bridgehead atoms. The van der Waals surface area contributed by atoms with Crippen molar-refractivity contribution in [1.82, 2.24) is 5.32 Å². The summed E-state index contributed by atoms with van der Waals surface area (Å²) in [6.07, 6.45) is 2.13. The van der Waals surface area contributed by atoms with Gasteiger partial charge in [0.25, 0.3) is 0 Å². The van der Waals surface area contributed by atoms with Gasteiger partial charge >= 0.3 is 5.97 Å². The molecule has 0 aromatic heterocycles. The zero-order chi connectivity index (χ0) is 17.6. The van der Waals surface area contributed by atoms with Gasteiger partial charge in [-0.2, -0.15) is 11.8 Å². The average molecular weight is 340 g/mol. The van der Waals surface area contributed by atoms with Gasteiger partial charge in [0.2, 0.25) is 5.91 Å². The SMILES string of the molecule is COC(=O)[C@H](Cc1ccc(O)cc1)NC(=O)[C@@H](N)C(C)(C)SC. The number of nitrogens with one attached hydrogen (secondary N) is 1. The molecule has 0 saturated carbocycles. The third-order valence-corrected chi connectivity index (χ3v) is 5.04. The number of benzene rings is 1. The first-order chi connectivity index (χ1) is 10.7. The van der Waals surface area contributed by atoms with Gasteiger partial charge in [0.1, 0.15) is 11.8 Å². The molecule has 0 aliphatic rings. The summed E-state index contributed by atoms with van der Waals surface area (Å²) < 4.78 is 4.30. The molecule has 0 spiro atoms. The quantitative estimate of drug-likeness (QED) is 0.642. The van der Waals surface area contributed by atoms with Crippen LogP contribution in [0.1, 0.15) is 19.4 Å². The monoisotopic (exact) mass is 340 g/mol. The minimum absolute atomic E-state index is 0.135. The molecule has 7 heteroatoms. The lowest BCUT2D eigenvalue weighted by Crippen LogP contribution is -2.56. The van der Waals surface area contributed by atoms with Crippen LogP contribution in [0.15, 0.2) is 24.3 Å². The van der Waals surface area contributed by atoms with Crippen LogP contribution < -0.4 is 11.1 Å². The number of carbonyl (C=O) groups excluding carboxylic acids is 2. The standard InChI is InChI=1S/C16H24N2O4S/c1-16(2,23-4)13(17)14(20)18-12(15(21)22-3)9-10-5-7-11(19)8-6-10/h5-8,12-13,19H,9,17H2,1-4H3,(H,18,20)/t12-,13+/m0/s1. The summed E-state index contributed by atoms with van der Waals surface area (Å²) in [4.78, 5) is 24.3. The number of esters is 1. The number of hydrogen-bond acceptors (Lipinski definition) is 6. The second kappa shape index (κ2) is 8.21. The molecular formula is C16H24N2O4S. The van der Waals surface area contributed by atoms with Crippen LogP contribution in [-0.2, 0) is 20.7 Å². The molecule has 1 aromatic carbocycles. The van der Waals surface area contributed by atoms with E-state index < -0.39 is 28.7 Å². The molecule has 0 heterocycles. The van der Waals surface area contributed by atoms with Gasteiger partial charge in [-0.25, -0.2) is 4.79 Å². The Kier molecular flexibility index (Phi) is 6.90. The minimum Gasteiger partial charge on any atom is -0.508 e. The Hall–Kier alpha value is -1.73. The molecule has 1 aromatic rings. The van der Waals surface area contributed by atoms with Gasteiger partial charge < -0.3 is 20.9 Å². The van der Waals surface area contributed by atoms with E-state index in [4.69, 9.17) is 10.5 Å². The number of rotatable bonds is 7. The number of nitrogens with two attached hydrogens (primary N) is 1. The zero-order valence-electron chi connectivity index (χ0n) is 13.8. The lowest BCUT2D eigenvalue weighted by atomic mass is 10.0. The highest BCUT2D eigenvalue weighted by Gasteiger charge is 2.33. The van der Waals surface area contributed by atoms with Crippen molar-refractivity contribution in [3.63, 3.8) is 0 Å². The smallest absolute Gasteiger partial charge is 0.328 e. The number of phenols is 1. The molecule has 23 heavy (non-hydrogen) atoms. The topological polar surface area (TPSA) is 102 Å². The fraction of sp³-hybridized carbons (Fsp3) is 0.500. The molecule has 1 amide bonds. The molecule has 6 nitrogen and oxygen atoms in total. The maximum Gasteiger partial charge on any atom is 0.328 e. The van der Waals surface area contributed by atoms with Crippen molar-refractivity contribution in [3.8, 4) is 5.75 Å². The van der Waals surface area contributed by atoms with Gasteiger partial charge in [0, 0.05) is 11.2 Å². The second-order valence-corrected chi connectivity index (χ2v) is 7.20. The summed E-state index contributed by atoms with van der Waals surface area (Å²) in [6.45, 7) is 3.74. The molecule has 0 unspecified atom stereocenters. The van der Waals surface area contributed by atoms with Crippen molar-refractivity contribution in [2.45, 2.75) is 37.1 Å². The second-order valence-electron chi connectivity index (χ2n) is 5.74. The van der Waals surface area contributed by atoms with Gasteiger partial charge in [-0.05, 0) is 37.8 Å². The Morgan fingerprint density at radius 3 is 2.39 bits per heavy atom. The van der Waals surface area contributed by atoms with Gasteiger partial charge in [-0.1, -0.05) is 12.1 Å². The molecular weight excluding hydrogens is 316 g/mol. The molecule has 0 fully saturated rings. The summed E-state index contributed by atoms with van der Waals surface area (Å²) >= 11 is 1.48. The largest absolute Gasteiger partial charge is 0.508 e. The van der Waals surface area contributed by atoms with E-state index in [2.05, 4.69) is 5.32 Å². The van der Waals surface area contributed by atoms with E-state index in [1.54, 1.807) is 12.1 Å². The van der Waals surface area contributed by atoms with Crippen LogP contribution in [0.5, 0.6) is 5.75 Å². The summed E-state index contributed by atoms with van der Waals surface area (Å²) in [6, 6.07) is 4.82. The predicted molar refractivity (Wildman–Crippen MR) is 91.3 cm³/mol. The first-order valence-electron chi connectivity index (χ1n) is 7.18. The highest BCUT2D eigenvalue weighted by atomic mass is 32.2. The summed E-state index contributed by atoms with van der Waals surface area (Å²) in [5.74, 6) is -0.810. The fourth-order valence-corrected chi connectivity index (χ4v) is 2.27. The van der Waals surface area contributed by atoms with Gasteiger partial charge in [-0.3, -0.25) is 4.79 Å². The van der Waals surface area contributed by atoms with E-state index in [9.17, 15) is 14.7 Å². The van der Waals surface area contributed by atoms with Crippen LogP contribution in [0.4, 0.5) is 0 Å². The number of hydrogen-bond donors (Lipinski definition) is 3. The normalized spacial score (nSPS) is 14.0. The van der Waals surface area contributed by atoms with E-state index in [1.165, 1.54) is 31.0 Å². The van der Waals surface area contributed by atoms with E-state index in [1.807, 2.05) is 20.1 Å². The molecule has 2 atom stereocenters. The van der Waals surface area contributed by atoms with E-state index in [0.717, 1.165) is 5.56 Å². The van der Waals surface area contributed by atoms with Crippen molar-refractivity contribution in [2.24, 2.45) is 5.73 Å². The van der Waals surface area contributed by atoms with Crippen LogP contribution in [0, 0.1) is 0 Å². The van der Waals surface area contributed by atoms with Gasteiger partial charge in [-0.15, -0.1) is 0 Å². The Morgan fingerprint density at radius 2 is 1.91 bits per heavy atom. The van der Waals surface area contributed by atoms with Crippen LogP contribution in [-0.4, -0.2) is 47.2 Å². The number of ether oxygens (including phenoxy) is 1. The molecule has 0 saturated heterocycles. The van der Waals surface area contributed by atoms with Crippen molar-refractivity contribution in [3.05, 3.63) is 29.8 Å². The summed E-state index contributed by atoms with van der Waals surface area (Å²) in [7, 11) is 1.27. The van der Waals surface area contributed by atoms with Crippen LogP contribution in [0.25, 0.3) is 0 Å². The Balaban J connectivity index is 2.85. The summed E-state index contributed by atoms with van der Waals surface area (Å²) in [5, 5.41) is 12.0. The fourth-order valence-electron chi connectivity index (χ4n) is 1.91. The van der Waals surface area contributed by atoms with E-state index in [-0.39, 0.29) is 12.2 Å². The van der Waals surface area contributed by atoms with Crippen LogP contribution in [0.3, 0.4) is 0 Å². The molecule has 4 N–H and O–H groups in total. The highest BCUT2D eigenvalue weighted by molar-refractivity contribution is 8.00. The van der Waals surface area contributed by atoms with Crippen molar-refractivity contribution in [1.29, 1.82) is 0 Å². The first kappa shape index (κ1) is 19.3. The maximum absolute atomic E-state index is 12.3. The Morgan fingerprint density at radius 1 is 1.35 bits per heavy atom. The van der Waals surface area contributed by atoms with E-state index >= 15 is 0 Å². The Bertz CT molecular complexity index is 546. The molecule has 0 radical (unpaired) electrons. The first-order valence-corrected chi connectivity index (χ1v) is 8.40. The van der Waals surface area contributed by atoms with Crippen molar-refractivity contribution >= 4 is 23.6 Å². The number of amides is 1. The number of thioether (sulfide) groups is 1. The third kappa shape index (κ3) is 5.44. The Labute approximate surface area is 140 Å². The molecule has 0 aliphatic carbocycles. The predicted octanol–water partition coefficient (Wildman–Crippen LogP) is 1.06. The molecule has 128 valence electrons.